The summed E-state index contributed by atoms with van der Waals surface area (Å²) in [6.07, 6.45) is -5.17. The van der Waals surface area contributed by atoms with Crippen LogP contribution >= 0.6 is 0 Å². The summed E-state index contributed by atoms with van der Waals surface area (Å²) in [5.41, 5.74) is -0.467. The molecule has 110 valence electrons. The van der Waals surface area contributed by atoms with E-state index in [9.17, 15) is 18.0 Å². The maximum atomic E-state index is 12.6. The zero-order valence-corrected chi connectivity index (χ0v) is 11.1. The quantitative estimate of drug-likeness (QED) is 0.877. The van der Waals surface area contributed by atoms with Crippen LogP contribution in [0.3, 0.4) is 0 Å². The van der Waals surface area contributed by atoms with E-state index < -0.39 is 17.8 Å². The molecule has 1 N–H and O–H groups in total. The summed E-state index contributed by atoms with van der Waals surface area (Å²) < 4.78 is 42.8. The van der Waals surface area contributed by atoms with E-state index in [1.165, 1.54) is 19.1 Å². The molecule has 1 amide bonds. The van der Waals surface area contributed by atoms with Gasteiger partial charge < -0.3 is 4.74 Å². The van der Waals surface area contributed by atoms with Crippen LogP contribution in [0.2, 0.25) is 0 Å². The van der Waals surface area contributed by atoms with Gasteiger partial charge in [0.05, 0.1) is 5.56 Å². The third kappa shape index (κ3) is 3.98. The van der Waals surface area contributed by atoms with Crippen LogP contribution in [0.5, 0.6) is 5.75 Å². The largest absolute Gasteiger partial charge is 0.417 e. The van der Waals surface area contributed by atoms with Crippen LogP contribution in [0.15, 0.2) is 48.5 Å². The first-order valence-electron chi connectivity index (χ1n) is 6.08. The molecule has 0 fully saturated rings. The highest BCUT2D eigenvalue weighted by atomic mass is 19.4. The summed E-state index contributed by atoms with van der Waals surface area (Å²) in [6, 6.07) is 11.7. The smallest absolute Gasteiger partial charge is 0.410 e. The van der Waals surface area contributed by atoms with Crippen LogP contribution in [0.25, 0.3) is 0 Å². The number of hydrogen-bond donors (Lipinski definition) is 1. The number of carbonyl (C=O) groups excluding carboxylic acids is 1. The zero-order valence-electron chi connectivity index (χ0n) is 11.1. The van der Waals surface area contributed by atoms with E-state index in [2.05, 4.69) is 5.32 Å². The molecule has 0 saturated heterocycles. The van der Waals surface area contributed by atoms with Gasteiger partial charge in [0, 0.05) is 5.69 Å². The van der Waals surface area contributed by atoms with E-state index in [1.54, 1.807) is 30.3 Å². The molecule has 0 aliphatic heterocycles. The molecular weight excluding hydrogens is 283 g/mol. The zero-order chi connectivity index (χ0) is 15.5. The number of ether oxygens (including phenoxy) is 1. The predicted octanol–water partition coefficient (Wildman–Crippen LogP) is 4.62. The third-order valence-electron chi connectivity index (χ3n) is 2.73. The number of halogens is 3. The number of benzene rings is 2. The average molecular weight is 295 g/mol. The molecular formula is C15H12F3NO2. The van der Waals surface area contributed by atoms with Gasteiger partial charge in [0.15, 0.2) is 0 Å². The first-order valence-corrected chi connectivity index (χ1v) is 6.08. The Labute approximate surface area is 119 Å². The summed E-state index contributed by atoms with van der Waals surface area (Å²) in [5, 5.41) is 2.38. The van der Waals surface area contributed by atoms with Crippen molar-refractivity contribution < 1.29 is 22.7 Å². The average Bonchev–Trinajstić information content (AvgIpc) is 2.38. The van der Waals surface area contributed by atoms with Gasteiger partial charge >= 0.3 is 12.3 Å². The lowest BCUT2D eigenvalue weighted by atomic mass is 10.1. The van der Waals surface area contributed by atoms with Crippen LogP contribution in [0.4, 0.5) is 23.7 Å². The Morgan fingerprint density at radius 1 is 1.10 bits per heavy atom. The molecule has 6 heteroatoms. The van der Waals surface area contributed by atoms with Crippen molar-refractivity contribution in [3.8, 4) is 5.75 Å². The molecule has 0 bridgehead atoms. The monoisotopic (exact) mass is 295 g/mol. The van der Waals surface area contributed by atoms with E-state index in [1.807, 2.05) is 0 Å². The number of hydrogen-bond acceptors (Lipinski definition) is 2. The number of carbonyl (C=O) groups is 1. The lowest BCUT2D eigenvalue weighted by molar-refractivity contribution is -0.138. The molecule has 0 unspecified atom stereocenters. The Hall–Kier alpha value is -2.50. The molecule has 2 rings (SSSR count). The molecule has 2 aromatic carbocycles. The van der Waals surface area contributed by atoms with Crippen LogP contribution in [-0.2, 0) is 6.18 Å². The molecule has 21 heavy (non-hydrogen) atoms. The van der Waals surface area contributed by atoms with Gasteiger partial charge in [-0.05, 0) is 42.8 Å². The molecule has 0 heterocycles. The summed E-state index contributed by atoms with van der Waals surface area (Å²) in [7, 11) is 0. The molecule has 0 spiro atoms. The molecule has 0 aliphatic carbocycles. The Bertz CT molecular complexity index is 639. The number of alkyl halides is 3. The minimum Gasteiger partial charge on any atom is -0.410 e. The van der Waals surface area contributed by atoms with Gasteiger partial charge in [0.2, 0.25) is 0 Å². The van der Waals surface area contributed by atoms with Crippen LogP contribution in [0, 0.1) is 6.92 Å². The minimum absolute atomic E-state index is 0.0278. The SMILES string of the molecule is Cc1cc(NC(=O)Oc2ccccc2)ccc1C(F)(F)F. The Balaban J connectivity index is 2.07. The van der Waals surface area contributed by atoms with Crippen molar-refractivity contribution in [2.45, 2.75) is 13.1 Å². The van der Waals surface area contributed by atoms with Gasteiger partial charge in [-0.25, -0.2) is 4.79 Å². The number of anilines is 1. The predicted molar refractivity (Wildman–Crippen MR) is 72.3 cm³/mol. The van der Waals surface area contributed by atoms with Gasteiger partial charge in [-0.2, -0.15) is 13.2 Å². The molecule has 0 saturated carbocycles. The van der Waals surface area contributed by atoms with E-state index in [0.29, 0.717) is 5.75 Å². The van der Waals surface area contributed by atoms with Crippen molar-refractivity contribution in [3.63, 3.8) is 0 Å². The van der Waals surface area contributed by atoms with Gasteiger partial charge in [0.1, 0.15) is 5.75 Å². The Kier molecular flexibility index (Phi) is 4.16. The van der Waals surface area contributed by atoms with Gasteiger partial charge in [0.25, 0.3) is 0 Å². The summed E-state index contributed by atoms with van der Waals surface area (Å²) >= 11 is 0. The second-order valence-electron chi connectivity index (χ2n) is 4.36. The molecule has 0 aliphatic rings. The van der Waals surface area contributed by atoms with E-state index in [0.717, 1.165) is 6.07 Å². The maximum Gasteiger partial charge on any atom is 0.417 e. The van der Waals surface area contributed by atoms with Gasteiger partial charge in [-0.1, -0.05) is 18.2 Å². The highest BCUT2D eigenvalue weighted by molar-refractivity contribution is 5.86. The number of nitrogens with one attached hydrogen (secondary N) is 1. The number of rotatable bonds is 2. The van der Waals surface area contributed by atoms with E-state index in [-0.39, 0.29) is 11.3 Å². The molecule has 0 radical (unpaired) electrons. The van der Waals surface area contributed by atoms with Crippen molar-refractivity contribution in [1.82, 2.24) is 0 Å². The number of para-hydroxylation sites is 1. The lowest BCUT2D eigenvalue weighted by Crippen LogP contribution is -2.17. The first-order chi connectivity index (χ1) is 9.86. The number of aryl methyl sites for hydroxylation is 1. The van der Waals surface area contributed by atoms with Crippen molar-refractivity contribution in [3.05, 3.63) is 59.7 Å². The lowest BCUT2D eigenvalue weighted by Gasteiger charge is -2.12. The second kappa shape index (κ2) is 5.87. The molecule has 0 aromatic heterocycles. The molecule has 3 nitrogen and oxygen atoms in total. The molecule has 0 atom stereocenters. The summed E-state index contributed by atoms with van der Waals surface area (Å²) in [5.74, 6) is 0.346. The second-order valence-corrected chi connectivity index (χ2v) is 4.36. The molecule has 2 aromatic rings. The van der Waals surface area contributed by atoms with Gasteiger partial charge in [-0.3, -0.25) is 5.32 Å². The fourth-order valence-electron chi connectivity index (χ4n) is 1.80. The fraction of sp³-hybridized carbons (Fsp3) is 0.133. The van der Waals surface area contributed by atoms with E-state index in [4.69, 9.17) is 4.74 Å². The number of amides is 1. The Morgan fingerprint density at radius 2 is 1.76 bits per heavy atom. The first kappa shape index (κ1) is 14.9. The summed E-state index contributed by atoms with van der Waals surface area (Å²) in [4.78, 5) is 11.6. The van der Waals surface area contributed by atoms with Crippen LogP contribution in [0.1, 0.15) is 11.1 Å². The summed E-state index contributed by atoms with van der Waals surface area (Å²) in [6.45, 7) is 1.33. The van der Waals surface area contributed by atoms with E-state index >= 15 is 0 Å². The minimum atomic E-state index is -4.41. The van der Waals surface area contributed by atoms with Gasteiger partial charge in [-0.15, -0.1) is 0 Å². The maximum absolute atomic E-state index is 12.6. The van der Waals surface area contributed by atoms with Crippen molar-refractivity contribution in [1.29, 1.82) is 0 Å². The topological polar surface area (TPSA) is 38.3 Å². The van der Waals surface area contributed by atoms with Crippen LogP contribution < -0.4 is 10.1 Å². The van der Waals surface area contributed by atoms with Crippen molar-refractivity contribution in [2.75, 3.05) is 5.32 Å². The standard InChI is InChI=1S/C15H12F3NO2/c1-10-9-11(7-8-13(10)15(16,17)18)19-14(20)21-12-5-3-2-4-6-12/h2-9H,1H3,(H,19,20). The highest BCUT2D eigenvalue weighted by Gasteiger charge is 2.32. The van der Waals surface area contributed by atoms with Crippen LogP contribution in [-0.4, -0.2) is 6.09 Å². The fourth-order valence-corrected chi connectivity index (χ4v) is 1.80. The Morgan fingerprint density at radius 3 is 2.33 bits per heavy atom. The third-order valence-corrected chi connectivity index (χ3v) is 2.73. The van der Waals surface area contributed by atoms with Crippen molar-refractivity contribution >= 4 is 11.8 Å². The normalized spacial score (nSPS) is 11.0. The van der Waals surface area contributed by atoms with Crippen molar-refractivity contribution in [2.24, 2.45) is 0 Å². The highest BCUT2D eigenvalue weighted by Crippen LogP contribution is 2.32.